The summed E-state index contributed by atoms with van der Waals surface area (Å²) in [6.07, 6.45) is -5.81. The quantitative estimate of drug-likeness (QED) is 0.0879. The second-order valence-corrected chi connectivity index (χ2v) is 11.2. The van der Waals surface area contributed by atoms with E-state index in [0.717, 1.165) is 16.6 Å². The highest BCUT2D eigenvalue weighted by Gasteiger charge is 2.41. The van der Waals surface area contributed by atoms with Gasteiger partial charge in [-0.15, -0.1) is 0 Å². The lowest BCUT2D eigenvalue weighted by Crippen LogP contribution is -2.52. The summed E-state index contributed by atoms with van der Waals surface area (Å²) >= 11 is 0. The Morgan fingerprint density at radius 2 is 1.75 bits per heavy atom. The molecule has 1 fully saturated rings. The number of anilines is 1. The minimum atomic E-state index is -1.53. The molecule has 0 spiro atoms. The minimum Gasteiger partial charge on any atom is -0.479 e. The normalized spacial score (nSPS) is 19.2. The van der Waals surface area contributed by atoms with Crippen molar-refractivity contribution < 1.29 is 53.8 Å². The summed E-state index contributed by atoms with van der Waals surface area (Å²) in [5.41, 5.74) is 2.82. The fourth-order valence-electron chi connectivity index (χ4n) is 5.22. The van der Waals surface area contributed by atoms with Gasteiger partial charge in [0.15, 0.2) is 6.10 Å². The summed E-state index contributed by atoms with van der Waals surface area (Å²) in [5.74, 6) is -1.78. The molecule has 2 amide bonds. The monoisotopic (exact) mass is 672 g/mol. The van der Waals surface area contributed by atoms with E-state index in [4.69, 9.17) is 18.9 Å². The van der Waals surface area contributed by atoms with E-state index in [9.17, 15) is 34.8 Å². The van der Waals surface area contributed by atoms with Gasteiger partial charge in [-0.05, 0) is 42.3 Å². The first-order chi connectivity index (χ1) is 23.2. The predicted octanol–water partition coefficient (Wildman–Crippen LogP) is 0.722. The number of aliphatic hydroxyl groups excluding tert-OH is 3. The number of carbonyl (C=O) groups is 3. The van der Waals surface area contributed by atoms with Crippen LogP contribution in [0.5, 0.6) is 5.75 Å². The molecule has 262 valence electrons. The molecule has 48 heavy (non-hydrogen) atoms. The zero-order valence-corrected chi connectivity index (χ0v) is 26.8. The van der Waals surface area contributed by atoms with Crippen LogP contribution in [0, 0.1) is 0 Å². The molecule has 1 aliphatic heterocycles. The number of carboxylic acid groups (broad SMARTS) is 1. The summed E-state index contributed by atoms with van der Waals surface area (Å²) in [4.78, 5) is 36.4. The van der Waals surface area contributed by atoms with Crippen LogP contribution in [0.4, 0.5) is 5.69 Å². The zero-order chi connectivity index (χ0) is 34.5. The highest BCUT2D eigenvalue weighted by atomic mass is 16.7. The van der Waals surface area contributed by atoms with Crippen molar-refractivity contribution in [1.29, 1.82) is 0 Å². The Morgan fingerprint density at radius 3 is 2.50 bits per heavy atom. The van der Waals surface area contributed by atoms with Gasteiger partial charge in [-0.1, -0.05) is 24.3 Å². The predicted molar refractivity (Wildman–Crippen MR) is 173 cm³/mol. The van der Waals surface area contributed by atoms with Crippen LogP contribution < -0.4 is 20.7 Å². The van der Waals surface area contributed by atoms with E-state index in [2.05, 4.69) is 32.7 Å². The number of aliphatic hydroxyl groups is 3. The molecule has 15 heteroatoms. The van der Waals surface area contributed by atoms with Crippen molar-refractivity contribution >= 4 is 34.4 Å². The molecule has 0 radical (unpaired) electrons. The van der Waals surface area contributed by atoms with Gasteiger partial charge in [-0.3, -0.25) is 9.59 Å². The van der Waals surface area contributed by atoms with Gasteiger partial charge in [0.2, 0.25) is 18.1 Å². The topological polar surface area (TPSA) is 210 Å². The number of hydrogen-bond donors (Lipinski definition) is 7. The van der Waals surface area contributed by atoms with Gasteiger partial charge in [0.25, 0.3) is 0 Å². The van der Waals surface area contributed by atoms with Crippen molar-refractivity contribution in [1.82, 2.24) is 15.2 Å². The van der Waals surface area contributed by atoms with Crippen LogP contribution in [0.1, 0.15) is 30.5 Å². The number of carboxylic acids is 1. The van der Waals surface area contributed by atoms with Crippen LogP contribution in [-0.2, 0) is 48.3 Å². The average Bonchev–Trinajstić information content (AvgIpc) is 3.42. The summed E-state index contributed by atoms with van der Waals surface area (Å²) in [7, 11) is 1.89. The molecule has 1 saturated heterocycles. The number of nitrogens with zero attached hydrogens (tertiary/aromatic N) is 1. The van der Waals surface area contributed by atoms with Crippen LogP contribution in [0.2, 0.25) is 0 Å². The Balaban J connectivity index is 1.12. The number of fused-ring (bicyclic) bond motifs is 1. The van der Waals surface area contributed by atoms with Gasteiger partial charge < -0.3 is 59.9 Å². The third kappa shape index (κ3) is 10.5. The molecule has 15 nitrogen and oxygen atoms in total. The van der Waals surface area contributed by atoms with Crippen molar-refractivity contribution in [3.05, 3.63) is 59.8 Å². The smallest absolute Gasteiger partial charge is 0.333 e. The molecule has 7 N–H and O–H groups in total. The molecular formula is C33H44N4O11. The molecule has 3 aromatic rings. The van der Waals surface area contributed by atoms with E-state index in [1.807, 2.05) is 25.2 Å². The third-order valence-electron chi connectivity index (χ3n) is 7.68. The molecule has 1 aromatic heterocycles. The molecular weight excluding hydrogens is 628 g/mol. The lowest BCUT2D eigenvalue weighted by atomic mass is 10.0. The highest BCUT2D eigenvalue weighted by molar-refractivity contribution is 5.92. The number of ether oxygens (including phenoxy) is 4. The van der Waals surface area contributed by atoms with Crippen LogP contribution >= 0.6 is 0 Å². The Morgan fingerprint density at radius 1 is 0.979 bits per heavy atom. The van der Waals surface area contributed by atoms with E-state index >= 15 is 0 Å². The Hall–Kier alpha value is -4.09. The minimum absolute atomic E-state index is 0.0199. The first-order valence-electron chi connectivity index (χ1n) is 15.8. The SMILES string of the molecule is CNCc1cc2ccccc2n1CCC(=O)NCCOCCOCCC(=O)Nc1cc(CO)ccc1OC1O[C@H](C(=O)O)C[C@H](O)[C@H]1O. The maximum absolute atomic E-state index is 12.6. The number of rotatable bonds is 19. The first-order valence-corrected chi connectivity index (χ1v) is 15.8. The Kier molecular flexibility index (Phi) is 14.1. The van der Waals surface area contributed by atoms with E-state index < -0.39 is 36.5 Å². The summed E-state index contributed by atoms with van der Waals surface area (Å²) in [6.45, 7) is 2.20. The van der Waals surface area contributed by atoms with E-state index in [1.165, 1.54) is 18.2 Å². The van der Waals surface area contributed by atoms with Crippen LogP contribution in [-0.4, -0.2) is 107 Å². The van der Waals surface area contributed by atoms with E-state index in [0.29, 0.717) is 38.2 Å². The summed E-state index contributed by atoms with van der Waals surface area (Å²) in [5, 5.41) is 48.9. The van der Waals surface area contributed by atoms with E-state index in [-0.39, 0.29) is 56.6 Å². The molecule has 2 aromatic carbocycles. The Bertz CT molecular complexity index is 1510. The number of para-hydroxylation sites is 1. The second-order valence-electron chi connectivity index (χ2n) is 11.2. The zero-order valence-electron chi connectivity index (χ0n) is 26.8. The third-order valence-corrected chi connectivity index (χ3v) is 7.68. The molecule has 4 atom stereocenters. The van der Waals surface area contributed by atoms with Gasteiger partial charge in [-0.2, -0.15) is 0 Å². The second kappa shape index (κ2) is 18.5. The average molecular weight is 673 g/mol. The van der Waals surface area contributed by atoms with Gasteiger partial charge in [0.05, 0.1) is 51.2 Å². The summed E-state index contributed by atoms with van der Waals surface area (Å²) in [6, 6.07) is 14.6. The number of amides is 2. The van der Waals surface area contributed by atoms with Crippen molar-refractivity contribution in [2.45, 2.75) is 63.6 Å². The fourth-order valence-corrected chi connectivity index (χ4v) is 5.22. The standard InChI is InChI=1S/C33H44N4O11/c1-34-19-23-17-22-4-2-3-5-25(22)37(23)11-8-29(40)35-10-13-46-15-14-45-12-9-30(41)36-24-16-21(20-38)6-7-27(24)47-33-31(42)26(39)18-28(48-33)32(43)44/h2-7,16-17,26,28,31,33-34,38-39,42H,8-15,18-20H2,1H3,(H,35,40)(H,36,41)(H,43,44)/t26-,28-,31+,33?/m0/s1. The fraction of sp³-hybridized carbons (Fsp3) is 0.485. The van der Waals surface area contributed by atoms with Crippen molar-refractivity contribution in [3.8, 4) is 5.75 Å². The molecule has 1 aliphatic rings. The van der Waals surface area contributed by atoms with Gasteiger partial charge >= 0.3 is 5.97 Å². The lowest BCUT2D eigenvalue weighted by molar-refractivity contribution is -0.238. The molecule has 0 aliphatic carbocycles. The van der Waals surface area contributed by atoms with Crippen LogP contribution in [0.25, 0.3) is 10.9 Å². The highest BCUT2D eigenvalue weighted by Crippen LogP contribution is 2.31. The van der Waals surface area contributed by atoms with Crippen molar-refractivity contribution in [3.63, 3.8) is 0 Å². The van der Waals surface area contributed by atoms with Crippen molar-refractivity contribution in [2.24, 2.45) is 0 Å². The first kappa shape index (κ1) is 36.7. The van der Waals surface area contributed by atoms with Crippen LogP contribution in [0.3, 0.4) is 0 Å². The largest absolute Gasteiger partial charge is 0.479 e. The number of benzene rings is 2. The summed E-state index contributed by atoms with van der Waals surface area (Å²) < 4.78 is 24.1. The number of aryl methyl sites for hydroxylation is 1. The van der Waals surface area contributed by atoms with Gasteiger partial charge in [0, 0.05) is 43.7 Å². The maximum atomic E-state index is 12.6. The number of aromatic nitrogens is 1. The number of aliphatic carboxylic acids is 1. The number of hydrogen-bond acceptors (Lipinski definition) is 11. The van der Waals surface area contributed by atoms with Gasteiger partial charge in [-0.25, -0.2) is 4.79 Å². The molecule has 0 bridgehead atoms. The Labute approximate surface area is 277 Å². The molecule has 4 rings (SSSR count). The van der Waals surface area contributed by atoms with Crippen LogP contribution in [0.15, 0.2) is 48.5 Å². The van der Waals surface area contributed by atoms with Gasteiger partial charge in [0.1, 0.15) is 11.9 Å². The van der Waals surface area contributed by atoms with E-state index in [1.54, 1.807) is 0 Å². The number of carbonyl (C=O) groups excluding carboxylic acids is 2. The molecule has 2 heterocycles. The van der Waals surface area contributed by atoms with Crippen molar-refractivity contribution in [2.75, 3.05) is 45.3 Å². The lowest BCUT2D eigenvalue weighted by Gasteiger charge is -2.35. The number of nitrogens with one attached hydrogen (secondary N) is 3. The molecule has 1 unspecified atom stereocenters. The molecule has 0 saturated carbocycles. The maximum Gasteiger partial charge on any atom is 0.333 e.